The summed E-state index contributed by atoms with van der Waals surface area (Å²) in [6.45, 7) is 5.77. The van der Waals surface area contributed by atoms with E-state index in [-0.39, 0.29) is 0 Å². The Labute approximate surface area is 94.0 Å². The van der Waals surface area contributed by atoms with Gasteiger partial charge in [-0.2, -0.15) is 0 Å². The zero-order chi connectivity index (χ0) is 10.2. The van der Waals surface area contributed by atoms with E-state index < -0.39 is 0 Å². The van der Waals surface area contributed by atoms with Gasteiger partial charge >= 0.3 is 0 Å². The predicted octanol–water partition coefficient (Wildman–Crippen LogP) is 3.91. The lowest BCUT2D eigenvalue weighted by Gasteiger charge is -2.07. The van der Waals surface area contributed by atoms with E-state index in [9.17, 15) is 0 Å². The van der Waals surface area contributed by atoms with Gasteiger partial charge in [0.05, 0.1) is 0 Å². The third-order valence-corrected chi connectivity index (χ3v) is 3.59. The zero-order valence-electron chi connectivity index (χ0n) is 8.68. The summed E-state index contributed by atoms with van der Waals surface area (Å²) in [4.78, 5) is 0. The summed E-state index contributed by atoms with van der Waals surface area (Å²) in [6, 6.07) is 8.34. The standard InChI is InChI=1S/C12H16BrN/c1-12(2)7-9(12)8-14-11-5-3-4-10(13)6-11/h3-6,9,14H,7-8H2,1-2H3. The van der Waals surface area contributed by atoms with E-state index in [1.807, 2.05) is 6.07 Å². The quantitative estimate of drug-likeness (QED) is 0.862. The minimum absolute atomic E-state index is 0.568. The van der Waals surface area contributed by atoms with E-state index in [4.69, 9.17) is 0 Å². The average Bonchev–Trinajstić information content (AvgIpc) is 2.71. The molecule has 76 valence electrons. The maximum Gasteiger partial charge on any atom is 0.0351 e. The number of hydrogen-bond donors (Lipinski definition) is 1. The summed E-state index contributed by atoms with van der Waals surface area (Å²) in [5, 5.41) is 3.47. The van der Waals surface area contributed by atoms with Crippen LogP contribution in [0, 0.1) is 11.3 Å². The highest BCUT2D eigenvalue weighted by Gasteiger charge is 2.44. The maximum atomic E-state index is 3.47. The molecular formula is C12H16BrN. The molecular weight excluding hydrogens is 238 g/mol. The van der Waals surface area contributed by atoms with E-state index in [0.717, 1.165) is 16.9 Å². The fourth-order valence-corrected chi connectivity index (χ4v) is 2.16. The Bertz CT molecular complexity index is 333. The van der Waals surface area contributed by atoms with Crippen LogP contribution in [0.15, 0.2) is 28.7 Å². The highest BCUT2D eigenvalue weighted by molar-refractivity contribution is 9.10. The first-order chi connectivity index (χ1) is 6.58. The van der Waals surface area contributed by atoms with Crippen LogP contribution in [-0.4, -0.2) is 6.54 Å². The summed E-state index contributed by atoms with van der Waals surface area (Å²) < 4.78 is 1.14. The molecule has 14 heavy (non-hydrogen) atoms. The predicted molar refractivity (Wildman–Crippen MR) is 64.5 cm³/mol. The first-order valence-corrected chi connectivity index (χ1v) is 5.87. The molecule has 1 fully saturated rings. The number of hydrogen-bond acceptors (Lipinski definition) is 1. The molecule has 1 aliphatic rings. The molecule has 0 aromatic heterocycles. The Morgan fingerprint density at radius 3 is 2.79 bits per heavy atom. The Balaban J connectivity index is 1.87. The van der Waals surface area contributed by atoms with Crippen LogP contribution >= 0.6 is 15.9 Å². The van der Waals surface area contributed by atoms with Crippen molar-refractivity contribution in [2.45, 2.75) is 20.3 Å². The van der Waals surface area contributed by atoms with Gasteiger partial charge in [-0.3, -0.25) is 0 Å². The van der Waals surface area contributed by atoms with Crippen LogP contribution in [0.5, 0.6) is 0 Å². The third-order valence-electron chi connectivity index (χ3n) is 3.09. The highest BCUT2D eigenvalue weighted by Crippen LogP contribution is 2.51. The molecule has 1 unspecified atom stereocenters. The Kier molecular flexibility index (Phi) is 2.56. The van der Waals surface area contributed by atoms with Crippen molar-refractivity contribution in [3.05, 3.63) is 28.7 Å². The Morgan fingerprint density at radius 2 is 2.21 bits per heavy atom. The van der Waals surface area contributed by atoms with E-state index in [1.54, 1.807) is 0 Å². The fraction of sp³-hybridized carbons (Fsp3) is 0.500. The molecule has 1 nitrogen and oxygen atoms in total. The molecule has 0 amide bonds. The molecule has 0 heterocycles. The minimum atomic E-state index is 0.568. The van der Waals surface area contributed by atoms with Crippen molar-refractivity contribution in [2.75, 3.05) is 11.9 Å². The molecule has 2 rings (SSSR count). The molecule has 0 bridgehead atoms. The normalized spacial score (nSPS) is 23.2. The lowest BCUT2D eigenvalue weighted by Crippen LogP contribution is -2.06. The van der Waals surface area contributed by atoms with Crippen LogP contribution in [-0.2, 0) is 0 Å². The lowest BCUT2D eigenvalue weighted by atomic mass is 10.1. The Morgan fingerprint density at radius 1 is 1.50 bits per heavy atom. The third kappa shape index (κ3) is 2.30. The largest absolute Gasteiger partial charge is 0.385 e. The molecule has 1 N–H and O–H groups in total. The summed E-state index contributed by atoms with van der Waals surface area (Å²) >= 11 is 3.47. The second-order valence-corrected chi connectivity index (χ2v) is 5.70. The molecule has 0 aliphatic heterocycles. The first-order valence-electron chi connectivity index (χ1n) is 5.07. The van der Waals surface area contributed by atoms with Crippen LogP contribution < -0.4 is 5.32 Å². The molecule has 1 saturated carbocycles. The molecule has 1 atom stereocenters. The van der Waals surface area contributed by atoms with Gasteiger partial charge in [0, 0.05) is 16.7 Å². The van der Waals surface area contributed by atoms with Crippen molar-refractivity contribution in [3.63, 3.8) is 0 Å². The van der Waals surface area contributed by atoms with Gasteiger partial charge in [-0.25, -0.2) is 0 Å². The molecule has 0 radical (unpaired) electrons. The number of rotatable bonds is 3. The molecule has 2 heteroatoms. The maximum absolute atomic E-state index is 3.47. The summed E-state index contributed by atoms with van der Waals surface area (Å²) in [5.74, 6) is 0.849. The van der Waals surface area contributed by atoms with Crippen molar-refractivity contribution in [1.29, 1.82) is 0 Å². The zero-order valence-corrected chi connectivity index (χ0v) is 10.3. The van der Waals surface area contributed by atoms with E-state index in [2.05, 4.69) is 53.3 Å². The number of anilines is 1. The van der Waals surface area contributed by atoms with Gasteiger partial charge < -0.3 is 5.32 Å². The fourth-order valence-electron chi connectivity index (χ4n) is 1.76. The number of benzene rings is 1. The smallest absolute Gasteiger partial charge is 0.0351 e. The van der Waals surface area contributed by atoms with Crippen LogP contribution in [0.3, 0.4) is 0 Å². The van der Waals surface area contributed by atoms with Crippen LogP contribution in [0.2, 0.25) is 0 Å². The van der Waals surface area contributed by atoms with Gasteiger partial charge in [-0.1, -0.05) is 35.8 Å². The van der Waals surface area contributed by atoms with Gasteiger partial charge in [0.2, 0.25) is 0 Å². The monoisotopic (exact) mass is 253 g/mol. The highest BCUT2D eigenvalue weighted by atomic mass is 79.9. The van der Waals surface area contributed by atoms with Crippen molar-refractivity contribution in [1.82, 2.24) is 0 Å². The summed E-state index contributed by atoms with van der Waals surface area (Å²) in [5.41, 5.74) is 1.78. The van der Waals surface area contributed by atoms with Crippen molar-refractivity contribution >= 4 is 21.6 Å². The first kappa shape index (κ1) is 10.0. The van der Waals surface area contributed by atoms with Crippen molar-refractivity contribution < 1.29 is 0 Å². The molecule has 1 aromatic carbocycles. The van der Waals surface area contributed by atoms with Crippen LogP contribution in [0.1, 0.15) is 20.3 Å². The Hall–Kier alpha value is -0.500. The van der Waals surface area contributed by atoms with E-state index in [1.165, 1.54) is 12.1 Å². The van der Waals surface area contributed by atoms with E-state index in [0.29, 0.717) is 5.41 Å². The average molecular weight is 254 g/mol. The second-order valence-electron chi connectivity index (χ2n) is 4.78. The number of halogens is 1. The summed E-state index contributed by atoms with van der Waals surface area (Å²) in [6.07, 6.45) is 1.36. The minimum Gasteiger partial charge on any atom is -0.385 e. The molecule has 0 spiro atoms. The van der Waals surface area contributed by atoms with Gasteiger partial charge in [0.25, 0.3) is 0 Å². The van der Waals surface area contributed by atoms with Gasteiger partial charge in [-0.05, 0) is 36.0 Å². The van der Waals surface area contributed by atoms with E-state index >= 15 is 0 Å². The topological polar surface area (TPSA) is 12.0 Å². The second kappa shape index (κ2) is 3.58. The van der Waals surface area contributed by atoms with Crippen LogP contribution in [0.4, 0.5) is 5.69 Å². The number of nitrogens with one attached hydrogen (secondary N) is 1. The SMILES string of the molecule is CC1(C)CC1CNc1cccc(Br)c1. The lowest BCUT2D eigenvalue weighted by molar-refractivity contribution is 0.573. The molecule has 1 aliphatic carbocycles. The van der Waals surface area contributed by atoms with Crippen molar-refractivity contribution in [2.24, 2.45) is 11.3 Å². The molecule has 1 aromatic rings. The van der Waals surface area contributed by atoms with Crippen LogP contribution in [0.25, 0.3) is 0 Å². The van der Waals surface area contributed by atoms with Crippen molar-refractivity contribution in [3.8, 4) is 0 Å². The molecule has 0 saturated heterocycles. The summed E-state index contributed by atoms with van der Waals surface area (Å²) in [7, 11) is 0. The van der Waals surface area contributed by atoms with Gasteiger partial charge in [0.1, 0.15) is 0 Å². The van der Waals surface area contributed by atoms with Gasteiger partial charge in [-0.15, -0.1) is 0 Å². The van der Waals surface area contributed by atoms with Gasteiger partial charge in [0.15, 0.2) is 0 Å².